The fourth-order valence-corrected chi connectivity index (χ4v) is 3.41. The highest BCUT2D eigenvalue weighted by atomic mass is 16.5. The summed E-state index contributed by atoms with van der Waals surface area (Å²) >= 11 is 0. The Bertz CT molecular complexity index is 621. The van der Waals surface area contributed by atoms with E-state index in [0.29, 0.717) is 11.7 Å². The zero-order valence-electron chi connectivity index (χ0n) is 13.4. The average molecular weight is 313 g/mol. The van der Waals surface area contributed by atoms with Crippen molar-refractivity contribution in [1.29, 1.82) is 0 Å². The molecule has 23 heavy (non-hydrogen) atoms. The van der Waals surface area contributed by atoms with Gasteiger partial charge in [-0.1, -0.05) is 17.2 Å². The van der Waals surface area contributed by atoms with Gasteiger partial charge in [0.15, 0.2) is 0 Å². The molecule has 0 unspecified atom stereocenters. The number of carbonyl (C=O) groups is 1. The smallest absolute Gasteiger partial charge is 0.270 e. The standard InChI is InChI=1S/C18H23N3O2/c22-18(19-15-11-14(12-15)13-3-1-4-13)16-5-2-6-17(20-16)21-7-9-23-10-8-21/h2,5-6,15H,1,3-4,7-12H2,(H,19,22). The second-order valence-corrected chi connectivity index (χ2v) is 6.62. The van der Waals surface area contributed by atoms with Crippen molar-refractivity contribution in [3.05, 3.63) is 35.0 Å². The lowest BCUT2D eigenvalue weighted by Gasteiger charge is -2.35. The van der Waals surface area contributed by atoms with Crippen LogP contribution in [0.15, 0.2) is 29.3 Å². The van der Waals surface area contributed by atoms with E-state index in [-0.39, 0.29) is 5.91 Å². The van der Waals surface area contributed by atoms with Crippen molar-refractivity contribution < 1.29 is 9.53 Å². The maximum Gasteiger partial charge on any atom is 0.270 e. The van der Waals surface area contributed by atoms with E-state index in [1.807, 2.05) is 12.1 Å². The summed E-state index contributed by atoms with van der Waals surface area (Å²) in [6.07, 6.45) is 5.96. The summed E-state index contributed by atoms with van der Waals surface area (Å²) in [6, 6.07) is 5.96. The molecule has 1 saturated heterocycles. The second kappa shape index (κ2) is 6.32. The average Bonchev–Trinajstić information content (AvgIpc) is 2.52. The van der Waals surface area contributed by atoms with E-state index in [2.05, 4.69) is 15.2 Å². The van der Waals surface area contributed by atoms with Crippen molar-refractivity contribution in [2.24, 2.45) is 0 Å². The van der Waals surface area contributed by atoms with Gasteiger partial charge in [-0.15, -0.1) is 0 Å². The van der Waals surface area contributed by atoms with Crippen LogP contribution < -0.4 is 10.2 Å². The molecule has 3 aliphatic rings. The molecule has 2 saturated carbocycles. The largest absolute Gasteiger partial charge is 0.378 e. The van der Waals surface area contributed by atoms with Crippen LogP contribution in [-0.4, -0.2) is 43.2 Å². The molecule has 0 spiro atoms. The summed E-state index contributed by atoms with van der Waals surface area (Å²) in [5.41, 5.74) is 3.73. The van der Waals surface area contributed by atoms with Crippen LogP contribution >= 0.6 is 0 Å². The quantitative estimate of drug-likeness (QED) is 0.870. The first-order valence-electron chi connectivity index (χ1n) is 8.60. The number of allylic oxidation sites excluding steroid dienone is 1. The van der Waals surface area contributed by atoms with Crippen LogP contribution in [0.25, 0.3) is 0 Å². The van der Waals surface area contributed by atoms with Gasteiger partial charge in [0.2, 0.25) is 0 Å². The molecule has 0 radical (unpaired) electrons. The minimum Gasteiger partial charge on any atom is -0.378 e. The molecule has 3 fully saturated rings. The van der Waals surface area contributed by atoms with Crippen LogP contribution in [-0.2, 0) is 4.74 Å². The number of rotatable bonds is 3. The highest BCUT2D eigenvalue weighted by Crippen LogP contribution is 2.38. The van der Waals surface area contributed by atoms with Gasteiger partial charge in [0.1, 0.15) is 11.5 Å². The van der Waals surface area contributed by atoms with E-state index >= 15 is 0 Å². The number of pyridine rings is 1. The van der Waals surface area contributed by atoms with Gasteiger partial charge in [-0.05, 0) is 44.2 Å². The van der Waals surface area contributed by atoms with E-state index in [1.54, 1.807) is 17.2 Å². The number of nitrogens with one attached hydrogen (secondary N) is 1. The van der Waals surface area contributed by atoms with Crippen molar-refractivity contribution in [2.45, 2.75) is 38.1 Å². The monoisotopic (exact) mass is 313 g/mol. The zero-order chi connectivity index (χ0) is 15.6. The molecular weight excluding hydrogens is 290 g/mol. The minimum absolute atomic E-state index is 0.0530. The summed E-state index contributed by atoms with van der Waals surface area (Å²) in [6.45, 7) is 3.10. The summed E-state index contributed by atoms with van der Waals surface area (Å²) in [5, 5.41) is 3.12. The molecule has 122 valence electrons. The van der Waals surface area contributed by atoms with Crippen LogP contribution in [0.1, 0.15) is 42.6 Å². The molecule has 0 bridgehead atoms. The maximum atomic E-state index is 12.4. The molecule has 0 atom stereocenters. The molecule has 1 aliphatic heterocycles. The molecule has 2 aliphatic carbocycles. The molecule has 4 rings (SSSR count). The predicted molar refractivity (Wildman–Crippen MR) is 88.6 cm³/mol. The Kier molecular flexibility index (Phi) is 4.04. The number of ether oxygens (including phenoxy) is 1. The third-order valence-electron chi connectivity index (χ3n) is 5.08. The number of anilines is 1. The molecule has 1 aromatic rings. The van der Waals surface area contributed by atoms with Crippen molar-refractivity contribution in [1.82, 2.24) is 10.3 Å². The fourth-order valence-electron chi connectivity index (χ4n) is 3.41. The van der Waals surface area contributed by atoms with E-state index in [9.17, 15) is 4.79 Å². The summed E-state index contributed by atoms with van der Waals surface area (Å²) in [7, 11) is 0. The maximum absolute atomic E-state index is 12.4. The number of hydrogen-bond donors (Lipinski definition) is 1. The van der Waals surface area contributed by atoms with E-state index in [0.717, 1.165) is 45.0 Å². The second-order valence-electron chi connectivity index (χ2n) is 6.62. The van der Waals surface area contributed by atoms with Crippen molar-refractivity contribution in [3.8, 4) is 0 Å². The van der Waals surface area contributed by atoms with Crippen LogP contribution in [0.3, 0.4) is 0 Å². The Balaban J connectivity index is 1.37. The molecule has 2 heterocycles. The van der Waals surface area contributed by atoms with Gasteiger partial charge in [-0.2, -0.15) is 0 Å². The number of aromatic nitrogens is 1. The molecule has 5 nitrogen and oxygen atoms in total. The van der Waals surface area contributed by atoms with Gasteiger partial charge in [0, 0.05) is 19.1 Å². The van der Waals surface area contributed by atoms with Gasteiger partial charge in [-0.25, -0.2) is 4.98 Å². The SMILES string of the molecule is O=C(NC1CC(=C2CCC2)C1)c1cccc(N2CCOCC2)n1. The Morgan fingerprint density at radius 1 is 1.17 bits per heavy atom. The van der Waals surface area contributed by atoms with Gasteiger partial charge in [0.25, 0.3) is 5.91 Å². The zero-order valence-corrected chi connectivity index (χ0v) is 13.4. The molecule has 0 aromatic carbocycles. The molecule has 1 amide bonds. The highest BCUT2D eigenvalue weighted by molar-refractivity contribution is 5.93. The van der Waals surface area contributed by atoms with Crippen LogP contribution in [0.4, 0.5) is 5.82 Å². The van der Waals surface area contributed by atoms with E-state index in [4.69, 9.17) is 4.74 Å². The number of carbonyl (C=O) groups excluding carboxylic acids is 1. The lowest BCUT2D eigenvalue weighted by Crippen LogP contribution is -2.42. The number of hydrogen-bond acceptors (Lipinski definition) is 4. The summed E-state index contributed by atoms with van der Waals surface area (Å²) in [5.74, 6) is 0.814. The number of amides is 1. The topological polar surface area (TPSA) is 54.5 Å². The third-order valence-corrected chi connectivity index (χ3v) is 5.08. The summed E-state index contributed by atoms with van der Waals surface area (Å²) < 4.78 is 5.36. The molecule has 5 heteroatoms. The fraction of sp³-hybridized carbons (Fsp3) is 0.556. The highest BCUT2D eigenvalue weighted by Gasteiger charge is 2.29. The Hall–Kier alpha value is -1.88. The van der Waals surface area contributed by atoms with Gasteiger partial charge < -0.3 is 15.0 Å². The van der Waals surface area contributed by atoms with Gasteiger partial charge >= 0.3 is 0 Å². The summed E-state index contributed by atoms with van der Waals surface area (Å²) in [4.78, 5) is 19.1. The van der Waals surface area contributed by atoms with Crippen LogP contribution in [0.5, 0.6) is 0 Å². The normalized spacial score (nSPS) is 24.0. The molecular formula is C18H23N3O2. The first kappa shape index (κ1) is 14.7. The van der Waals surface area contributed by atoms with E-state index in [1.165, 1.54) is 19.3 Å². The van der Waals surface area contributed by atoms with Gasteiger partial charge in [-0.3, -0.25) is 4.79 Å². The van der Waals surface area contributed by atoms with Crippen molar-refractivity contribution >= 4 is 11.7 Å². The first-order valence-corrected chi connectivity index (χ1v) is 8.60. The van der Waals surface area contributed by atoms with Crippen molar-refractivity contribution in [2.75, 3.05) is 31.2 Å². The minimum atomic E-state index is -0.0530. The van der Waals surface area contributed by atoms with Crippen LogP contribution in [0, 0.1) is 0 Å². The third kappa shape index (κ3) is 3.11. The lowest BCUT2D eigenvalue weighted by atomic mass is 9.76. The van der Waals surface area contributed by atoms with E-state index < -0.39 is 0 Å². The number of nitrogens with zero attached hydrogens (tertiary/aromatic N) is 2. The molecule has 1 N–H and O–H groups in total. The number of morpholine rings is 1. The van der Waals surface area contributed by atoms with Gasteiger partial charge in [0.05, 0.1) is 13.2 Å². The Labute approximate surface area is 136 Å². The Morgan fingerprint density at radius 3 is 2.65 bits per heavy atom. The molecule has 1 aromatic heterocycles. The predicted octanol–water partition coefficient (Wildman–Crippen LogP) is 2.29. The Morgan fingerprint density at radius 2 is 1.96 bits per heavy atom. The first-order chi connectivity index (χ1) is 11.3. The van der Waals surface area contributed by atoms with Crippen LogP contribution in [0.2, 0.25) is 0 Å². The van der Waals surface area contributed by atoms with Crippen molar-refractivity contribution in [3.63, 3.8) is 0 Å². The lowest BCUT2D eigenvalue weighted by molar-refractivity contribution is 0.0923.